The van der Waals surface area contributed by atoms with Gasteiger partial charge in [-0.1, -0.05) is 0 Å². The second-order valence-electron chi connectivity index (χ2n) is 4.61. The van der Waals surface area contributed by atoms with Gasteiger partial charge in [0, 0.05) is 6.04 Å². The molecule has 0 radical (unpaired) electrons. The Morgan fingerprint density at radius 1 is 1.41 bits per heavy atom. The van der Waals surface area contributed by atoms with Crippen LogP contribution in [0.15, 0.2) is 0 Å². The molecule has 2 atom stereocenters. The minimum Gasteiger partial charge on any atom is -0.465 e. The van der Waals surface area contributed by atoms with E-state index in [1.54, 1.807) is 0 Å². The summed E-state index contributed by atoms with van der Waals surface area (Å²) in [4.78, 5) is 21.9. The van der Waals surface area contributed by atoms with Crippen LogP contribution in [0.25, 0.3) is 0 Å². The molecule has 1 rings (SSSR count). The molecule has 1 fully saturated rings. The lowest BCUT2D eigenvalue weighted by Gasteiger charge is -2.28. The highest BCUT2D eigenvalue weighted by Crippen LogP contribution is 2.16. The van der Waals surface area contributed by atoms with E-state index < -0.39 is 6.09 Å². The van der Waals surface area contributed by atoms with E-state index in [1.165, 1.54) is 0 Å². The van der Waals surface area contributed by atoms with Crippen molar-refractivity contribution in [1.29, 1.82) is 0 Å². The number of amides is 2. The van der Waals surface area contributed by atoms with Gasteiger partial charge in [-0.2, -0.15) is 0 Å². The van der Waals surface area contributed by atoms with Crippen LogP contribution < -0.4 is 10.6 Å². The highest BCUT2D eigenvalue weighted by atomic mass is 16.5. The standard InChI is InChI=1S/C11H20N2O4/c1-7(2)12-10(14)5-9-4-3-8(6-17-9)13-11(15)16/h7-9,13H,3-6H2,1-2H3,(H,12,14)(H,15,16)/t8-,9+/m1/s1. The Hall–Kier alpha value is -1.30. The predicted octanol–water partition coefficient (Wildman–Crippen LogP) is 0.716. The Balaban J connectivity index is 2.23. The second kappa shape index (κ2) is 6.44. The molecular formula is C11H20N2O4. The van der Waals surface area contributed by atoms with Gasteiger partial charge >= 0.3 is 6.09 Å². The van der Waals surface area contributed by atoms with Crippen molar-refractivity contribution in [2.75, 3.05) is 6.61 Å². The molecule has 1 aliphatic heterocycles. The van der Waals surface area contributed by atoms with Gasteiger partial charge in [0.25, 0.3) is 0 Å². The summed E-state index contributed by atoms with van der Waals surface area (Å²) in [5.74, 6) is -0.0188. The van der Waals surface area contributed by atoms with Gasteiger partial charge in [0.1, 0.15) is 0 Å². The van der Waals surface area contributed by atoms with Gasteiger partial charge in [-0.05, 0) is 26.7 Å². The van der Waals surface area contributed by atoms with E-state index in [4.69, 9.17) is 9.84 Å². The number of carbonyl (C=O) groups is 2. The molecule has 0 saturated carbocycles. The molecule has 3 N–H and O–H groups in total. The molecule has 0 aromatic rings. The van der Waals surface area contributed by atoms with E-state index >= 15 is 0 Å². The number of ether oxygens (including phenoxy) is 1. The highest BCUT2D eigenvalue weighted by Gasteiger charge is 2.24. The van der Waals surface area contributed by atoms with Gasteiger partial charge < -0.3 is 20.5 Å². The molecule has 0 aromatic carbocycles. The largest absolute Gasteiger partial charge is 0.465 e. The van der Waals surface area contributed by atoms with Crippen molar-refractivity contribution in [3.05, 3.63) is 0 Å². The van der Waals surface area contributed by atoms with Gasteiger partial charge in [0.2, 0.25) is 5.91 Å². The molecule has 1 aliphatic rings. The number of hydrogen-bond acceptors (Lipinski definition) is 3. The number of rotatable bonds is 4. The lowest BCUT2D eigenvalue weighted by molar-refractivity contribution is -0.125. The summed E-state index contributed by atoms with van der Waals surface area (Å²) in [5.41, 5.74) is 0. The van der Waals surface area contributed by atoms with E-state index in [0.717, 1.165) is 0 Å². The fraction of sp³-hybridized carbons (Fsp3) is 0.818. The Morgan fingerprint density at radius 3 is 2.59 bits per heavy atom. The first-order valence-corrected chi connectivity index (χ1v) is 5.87. The topological polar surface area (TPSA) is 87.7 Å². The van der Waals surface area contributed by atoms with E-state index in [-0.39, 0.29) is 24.1 Å². The van der Waals surface area contributed by atoms with Gasteiger partial charge in [-0.3, -0.25) is 4.79 Å². The van der Waals surface area contributed by atoms with E-state index in [1.807, 2.05) is 13.8 Å². The molecule has 2 amide bonds. The minimum atomic E-state index is -1.03. The van der Waals surface area contributed by atoms with Crippen LogP contribution in [0.1, 0.15) is 33.1 Å². The molecule has 0 unspecified atom stereocenters. The quantitative estimate of drug-likeness (QED) is 0.680. The SMILES string of the molecule is CC(C)NC(=O)C[C@@H]1CC[C@@H](NC(=O)O)CO1. The third kappa shape index (κ3) is 5.53. The van der Waals surface area contributed by atoms with E-state index in [2.05, 4.69) is 10.6 Å². The van der Waals surface area contributed by atoms with Crippen LogP contribution in [0.3, 0.4) is 0 Å². The van der Waals surface area contributed by atoms with Crippen LogP contribution in [0.2, 0.25) is 0 Å². The van der Waals surface area contributed by atoms with Crippen molar-refractivity contribution in [2.24, 2.45) is 0 Å². The maximum Gasteiger partial charge on any atom is 0.404 e. The molecule has 98 valence electrons. The number of nitrogens with one attached hydrogen (secondary N) is 2. The Morgan fingerprint density at radius 2 is 2.12 bits per heavy atom. The lowest BCUT2D eigenvalue weighted by atomic mass is 10.0. The summed E-state index contributed by atoms with van der Waals surface area (Å²) in [7, 11) is 0. The third-order valence-electron chi connectivity index (χ3n) is 2.56. The summed E-state index contributed by atoms with van der Waals surface area (Å²) in [6.45, 7) is 4.16. The summed E-state index contributed by atoms with van der Waals surface area (Å²) in [6, 6.07) is -0.0237. The van der Waals surface area contributed by atoms with Gasteiger partial charge in [0.05, 0.1) is 25.2 Å². The maximum atomic E-state index is 11.5. The van der Waals surface area contributed by atoms with Crippen LogP contribution in [-0.4, -0.2) is 41.9 Å². The zero-order valence-corrected chi connectivity index (χ0v) is 10.2. The van der Waals surface area contributed by atoms with Crippen LogP contribution in [0.5, 0.6) is 0 Å². The van der Waals surface area contributed by atoms with Crippen molar-refractivity contribution >= 4 is 12.0 Å². The molecule has 1 saturated heterocycles. The van der Waals surface area contributed by atoms with Gasteiger partial charge in [0.15, 0.2) is 0 Å². The third-order valence-corrected chi connectivity index (χ3v) is 2.56. The highest BCUT2D eigenvalue weighted by molar-refractivity contribution is 5.76. The number of hydrogen-bond donors (Lipinski definition) is 3. The smallest absolute Gasteiger partial charge is 0.404 e. The zero-order chi connectivity index (χ0) is 12.8. The molecule has 0 spiro atoms. The van der Waals surface area contributed by atoms with Crippen LogP contribution >= 0.6 is 0 Å². The fourth-order valence-electron chi connectivity index (χ4n) is 1.84. The lowest BCUT2D eigenvalue weighted by Crippen LogP contribution is -2.43. The average Bonchev–Trinajstić information content (AvgIpc) is 2.18. The Bertz CT molecular complexity index is 273. The first-order chi connectivity index (χ1) is 7.97. The van der Waals surface area contributed by atoms with Crippen LogP contribution in [0.4, 0.5) is 4.79 Å². The fourth-order valence-corrected chi connectivity index (χ4v) is 1.84. The first kappa shape index (κ1) is 13.8. The molecule has 0 aromatic heterocycles. The molecule has 1 heterocycles. The van der Waals surface area contributed by atoms with Gasteiger partial charge in [-0.15, -0.1) is 0 Å². The molecule has 0 bridgehead atoms. The van der Waals surface area contributed by atoms with Crippen molar-refractivity contribution in [3.8, 4) is 0 Å². The van der Waals surface area contributed by atoms with Crippen molar-refractivity contribution < 1.29 is 19.4 Å². The van der Waals surface area contributed by atoms with E-state index in [0.29, 0.717) is 25.9 Å². The molecule has 17 heavy (non-hydrogen) atoms. The number of carbonyl (C=O) groups excluding carboxylic acids is 1. The summed E-state index contributed by atoms with van der Waals surface area (Å²) in [6.07, 6.45) is 0.635. The summed E-state index contributed by atoms with van der Waals surface area (Å²) in [5, 5.41) is 13.7. The Labute approximate surface area is 101 Å². The molecule has 6 heteroatoms. The minimum absolute atomic E-state index is 0.0188. The number of carboxylic acid groups (broad SMARTS) is 1. The summed E-state index contributed by atoms with van der Waals surface area (Å²) >= 11 is 0. The summed E-state index contributed by atoms with van der Waals surface area (Å²) < 4.78 is 5.46. The first-order valence-electron chi connectivity index (χ1n) is 5.87. The van der Waals surface area contributed by atoms with Crippen molar-refractivity contribution in [1.82, 2.24) is 10.6 Å². The van der Waals surface area contributed by atoms with Crippen molar-refractivity contribution in [2.45, 2.75) is 51.3 Å². The Kier molecular flexibility index (Phi) is 5.21. The monoisotopic (exact) mass is 244 g/mol. The average molecular weight is 244 g/mol. The van der Waals surface area contributed by atoms with E-state index in [9.17, 15) is 9.59 Å². The van der Waals surface area contributed by atoms with Crippen molar-refractivity contribution in [3.63, 3.8) is 0 Å². The van der Waals surface area contributed by atoms with Crippen LogP contribution in [0, 0.1) is 0 Å². The van der Waals surface area contributed by atoms with Gasteiger partial charge in [-0.25, -0.2) is 4.79 Å². The van der Waals surface area contributed by atoms with Crippen LogP contribution in [-0.2, 0) is 9.53 Å². The molecular weight excluding hydrogens is 224 g/mol. The second-order valence-corrected chi connectivity index (χ2v) is 4.61. The predicted molar refractivity (Wildman–Crippen MR) is 61.8 cm³/mol. The molecule has 0 aliphatic carbocycles. The normalized spacial score (nSPS) is 24.4. The zero-order valence-electron chi connectivity index (χ0n) is 10.2. The molecule has 6 nitrogen and oxygen atoms in total. The maximum absolute atomic E-state index is 11.5.